The van der Waals surface area contributed by atoms with E-state index >= 15 is 0 Å². The van der Waals surface area contributed by atoms with E-state index in [0.29, 0.717) is 0 Å². The van der Waals surface area contributed by atoms with Crippen molar-refractivity contribution in [2.75, 3.05) is 13.3 Å². The maximum atomic E-state index is 10.1. The van der Waals surface area contributed by atoms with Gasteiger partial charge in [0.2, 0.25) is 6.73 Å². The summed E-state index contributed by atoms with van der Waals surface area (Å²) in [4.78, 5) is 10.0. The maximum absolute atomic E-state index is 10.1. The van der Waals surface area contributed by atoms with Gasteiger partial charge in [-0.15, -0.1) is 0 Å². The van der Waals surface area contributed by atoms with Crippen molar-refractivity contribution in [3.63, 3.8) is 0 Å². The quantitative estimate of drug-likeness (QED) is 0.282. The first kappa shape index (κ1) is 4.55. The molecule has 1 aliphatic rings. The minimum atomic E-state index is -0.398. The first-order chi connectivity index (χ1) is 3.29. The van der Waals surface area contributed by atoms with Gasteiger partial charge in [-0.05, 0) is 0 Å². The fraction of sp³-hybridized carbons (Fsp3) is 0.667. The van der Waals surface area contributed by atoms with Gasteiger partial charge in [0.25, 0.3) is 0 Å². The van der Waals surface area contributed by atoms with Gasteiger partial charge in [-0.25, -0.2) is 4.79 Å². The van der Waals surface area contributed by atoms with Crippen molar-refractivity contribution < 1.29 is 14.6 Å². The van der Waals surface area contributed by atoms with Gasteiger partial charge in [-0.2, -0.15) is 0 Å². The van der Waals surface area contributed by atoms with Gasteiger partial charge in [0, 0.05) is 0 Å². The number of hydroxylamine groups is 2. The molecule has 0 aromatic heterocycles. The number of esters is 1. The smallest absolute Gasteiger partial charge is 0.366 e. The van der Waals surface area contributed by atoms with E-state index in [1.807, 2.05) is 0 Å². The van der Waals surface area contributed by atoms with Gasteiger partial charge in [0.05, 0.1) is 0 Å². The van der Waals surface area contributed by atoms with Crippen LogP contribution >= 0.6 is 0 Å². The van der Waals surface area contributed by atoms with Crippen molar-refractivity contribution in [1.82, 2.24) is 0 Å². The molecule has 0 saturated carbocycles. The minimum absolute atomic E-state index is 0.0150. The van der Waals surface area contributed by atoms with Crippen molar-refractivity contribution >= 4 is 5.97 Å². The van der Waals surface area contributed by atoms with E-state index in [-0.39, 0.29) is 18.3 Å². The Kier molecular flexibility index (Phi) is 0.958. The van der Waals surface area contributed by atoms with Crippen LogP contribution in [0.25, 0.3) is 0 Å². The van der Waals surface area contributed by atoms with E-state index in [0.717, 1.165) is 0 Å². The van der Waals surface area contributed by atoms with Gasteiger partial charge in [0.15, 0.2) is 6.54 Å². The third kappa shape index (κ3) is 0.880. The van der Waals surface area contributed by atoms with Crippen LogP contribution in [0.4, 0.5) is 0 Å². The average molecular weight is 103 g/mol. The number of rotatable bonds is 0. The van der Waals surface area contributed by atoms with Gasteiger partial charge in [-0.1, -0.05) is 0 Å². The zero-order valence-electron chi connectivity index (χ0n) is 3.64. The lowest BCUT2D eigenvalue weighted by molar-refractivity contribution is -0.843. The molecule has 1 rings (SSSR count). The number of ether oxygens (including phenoxy) is 1. The van der Waals surface area contributed by atoms with Crippen molar-refractivity contribution in [3.8, 4) is 0 Å². The number of carbonyl (C=O) groups excluding carboxylic acids is 1. The molecule has 0 radical (unpaired) electrons. The first-order valence-electron chi connectivity index (χ1n) is 1.96. The van der Waals surface area contributed by atoms with E-state index in [1.165, 1.54) is 0 Å². The van der Waals surface area contributed by atoms with E-state index in [4.69, 9.17) is 0 Å². The topological polar surface area (TPSA) is 53.8 Å². The summed E-state index contributed by atoms with van der Waals surface area (Å²) in [7, 11) is 0. The lowest BCUT2D eigenvalue weighted by atomic mass is 10.7. The molecule has 0 aromatic carbocycles. The van der Waals surface area contributed by atoms with Crippen LogP contribution in [0, 0.1) is 5.21 Å². The van der Waals surface area contributed by atoms with Gasteiger partial charge in [0.1, 0.15) is 0 Å². The summed E-state index contributed by atoms with van der Waals surface area (Å²) in [6, 6.07) is 0. The lowest BCUT2D eigenvalue weighted by Gasteiger charge is -2.07. The highest BCUT2D eigenvalue weighted by molar-refractivity contribution is 5.71. The second-order valence-electron chi connectivity index (χ2n) is 1.38. The molecule has 1 unspecified atom stereocenters. The highest BCUT2D eigenvalue weighted by Crippen LogP contribution is 1.74. The number of quaternary nitrogens is 1. The van der Waals surface area contributed by atoms with Crippen LogP contribution in [-0.4, -0.2) is 19.2 Å². The van der Waals surface area contributed by atoms with Crippen LogP contribution in [0.2, 0.25) is 0 Å². The van der Waals surface area contributed by atoms with Crippen LogP contribution < -0.4 is 5.06 Å². The highest BCUT2D eigenvalue weighted by atomic mass is 16.6. The zero-order valence-corrected chi connectivity index (χ0v) is 3.64. The average Bonchev–Trinajstić information content (AvgIpc) is 1.87. The third-order valence-corrected chi connectivity index (χ3v) is 0.736. The molecule has 0 aromatic rings. The number of carbonyl (C=O) groups is 1. The molecular weight excluding hydrogens is 98.0 g/mol. The van der Waals surface area contributed by atoms with Gasteiger partial charge >= 0.3 is 5.97 Å². The van der Waals surface area contributed by atoms with Gasteiger partial charge in [-0.3, -0.25) is 0 Å². The molecule has 0 spiro atoms. The van der Waals surface area contributed by atoms with Crippen LogP contribution in [0.1, 0.15) is 0 Å². The molecule has 1 aliphatic heterocycles. The number of nitrogens with one attached hydrogen (secondary N) is 1. The molecule has 1 atom stereocenters. The zero-order chi connectivity index (χ0) is 5.28. The van der Waals surface area contributed by atoms with E-state index < -0.39 is 5.97 Å². The Morgan fingerprint density at radius 3 is 2.71 bits per heavy atom. The largest absolute Gasteiger partial charge is 0.631 e. The van der Waals surface area contributed by atoms with Crippen LogP contribution in [0.3, 0.4) is 0 Å². The van der Waals surface area contributed by atoms with E-state index in [9.17, 15) is 10.0 Å². The fourth-order valence-corrected chi connectivity index (χ4v) is 0.424. The second kappa shape index (κ2) is 1.48. The summed E-state index contributed by atoms with van der Waals surface area (Å²) < 4.78 is 4.28. The lowest BCUT2D eigenvalue weighted by Crippen LogP contribution is -3.05. The van der Waals surface area contributed by atoms with Crippen molar-refractivity contribution in [2.45, 2.75) is 0 Å². The maximum Gasteiger partial charge on any atom is 0.366 e. The monoisotopic (exact) mass is 103 g/mol. The Labute approximate surface area is 40.2 Å². The van der Waals surface area contributed by atoms with Crippen LogP contribution in [-0.2, 0) is 9.53 Å². The Balaban J connectivity index is 2.40. The summed E-state index contributed by atoms with van der Waals surface area (Å²) in [5.41, 5.74) is 0. The molecule has 4 heteroatoms. The van der Waals surface area contributed by atoms with E-state index in [2.05, 4.69) is 4.74 Å². The van der Waals surface area contributed by atoms with E-state index in [1.54, 1.807) is 0 Å². The second-order valence-corrected chi connectivity index (χ2v) is 1.38. The highest BCUT2D eigenvalue weighted by Gasteiger charge is 2.16. The molecule has 4 nitrogen and oxygen atoms in total. The summed E-state index contributed by atoms with van der Waals surface area (Å²) in [6.07, 6.45) is 0. The molecule has 1 heterocycles. The SMILES string of the molecule is O=C1C[NH+]([O-])CO1. The standard InChI is InChI=1S/C3H5NO3/c5-3-1-4(6)2-7-3/h4H,1-2H2. The third-order valence-electron chi connectivity index (χ3n) is 0.736. The van der Waals surface area contributed by atoms with Crippen LogP contribution in [0.15, 0.2) is 0 Å². The summed E-state index contributed by atoms with van der Waals surface area (Å²) in [5.74, 6) is -0.398. The normalized spacial score (nSPS) is 30.4. The molecule has 0 aliphatic carbocycles. The number of hydrogen-bond acceptors (Lipinski definition) is 3. The summed E-state index contributed by atoms with van der Waals surface area (Å²) in [6.45, 7) is -0.0428. The van der Waals surface area contributed by atoms with Crippen molar-refractivity contribution in [1.29, 1.82) is 0 Å². The number of cyclic esters (lactones) is 1. The molecule has 40 valence electrons. The summed E-state index contributed by atoms with van der Waals surface area (Å²) in [5, 5.41) is 9.99. The molecule has 0 amide bonds. The summed E-state index contributed by atoms with van der Waals surface area (Å²) >= 11 is 0. The Morgan fingerprint density at radius 1 is 1.86 bits per heavy atom. The number of hydrogen-bond donors (Lipinski definition) is 1. The first-order valence-corrected chi connectivity index (χ1v) is 1.96. The predicted molar refractivity (Wildman–Crippen MR) is 20.2 cm³/mol. The predicted octanol–water partition coefficient (Wildman–Crippen LogP) is -2.12. The molecule has 0 bridgehead atoms. The fourth-order valence-electron chi connectivity index (χ4n) is 0.424. The Hall–Kier alpha value is -0.610. The minimum Gasteiger partial charge on any atom is -0.631 e. The molecule has 1 N–H and O–H groups in total. The molecule has 1 saturated heterocycles. The Morgan fingerprint density at radius 2 is 2.57 bits per heavy atom. The van der Waals surface area contributed by atoms with Crippen molar-refractivity contribution in [2.24, 2.45) is 0 Å². The molecule has 7 heavy (non-hydrogen) atoms. The molecule has 1 fully saturated rings. The molecular formula is C3H5NO3. The van der Waals surface area contributed by atoms with Gasteiger partial charge < -0.3 is 15.0 Å². The Bertz CT molecular complexity index is 92.2. The van der Waals surface area contributed by atoms with Crippen molar-refractivity contribution in [3.05, 3.63) is 5.21 Å². The van der Waals surface area contributed by atoms with Crippen LogP contribution in [0.5, 0.6) is 0 Å².